The summed E-state index contributed by atoms with van der Waals surface area (Å²) < 4.78 is 5.19. The molecule has 0 atom stereocenters. The van der Waals surface area contributed by atoms with Gasteiger partial charge >= 0.3 is 0 Å². The second-order valence-corrected chi connectivity index (χ2v) is 2.91. The van der Waals surface area contributed by atoms with Gasteiger partial charge in [-0.15, -0.1) is 0 Å². The second-order valence-electron chi connectivity index (χ2n) is 2.91. The largest absolute Gasteiger partial charge is 0.468 e. The molecule has 70 valence electrons. The Bertz CT molecular complexity index is 420. The Morgan fingerprint density at radius 2 is 2.29 bits per heavy atom. The van der Waals surface area contributed by atoms with Gasteiger partial charge < -0.3 is 4.42 Å². The Balaban J connectivity index is 2.23. The molecule has 0 spiro atoms. The smallest absolute Gasteiger partial charge is 0.153 e. The zero-order chi connectivity index (χ0) is 9.80. The van der Waals surface area contributed by atoms with Crippen molar-refractivity contribution in [2.75, 3.05) is 0 Å². The van der Waals surface area contributed by atoms with Crippen molar-refractivity contribution in [1.82, 2.24) is 4.98 Å². The maximum absolute atomic E-state index is 10.6. The lowest BCUT2D eigenvalue weighted by molar-refractivity contribution is 0.112. The Hall–Kier alpha value is -1.90. The molecule has 2 aromatic heterocycles. The van der Waals surface area contributed by atoms with Gasteiger partial charge in [-0.1, -0.05) is 6.07 Å². The number of carbonyl (C=O) groups is 1. The summed E-state index contributed by atoms with van der Waals surface area (Å²) in [6.07, 6.45) is 4.59. The van der Waals surface area contributed by atoms with Gasteiger partial charge in [0, 0.05) is 18.3 Å². The fourth-order valence-electron chi connectivity index (χ4n) is 1.27. The van der Waals surface area contributed by atoms with Crippen molar-refractivity contribution in [2.24, 2.45) is 0 Å². The fraction of sp³-hybridized carbons (Fsp3) is 0.0909. The first-order chi connectivity index (χ1) is 6.90. The van der Waals surface area contributed by atoms with E-state index in [0.29, 0.717) is 17.7 Å². The van der Waals surface area contributed by atoms with Crippen molar-refractivity contribution in [3.05, 3.63) is 53.7 Å². The molecule has 2 rings (SSSR count). The molecule has 0 N–H and O–H groups in total. The first kappa shape index (κ1) is 8.69. The summed E-state index contributed by atoms with van der Waals surface area (Å²) in [5, 5.41) is 0. The molecular weight excluding hydrogens is 178 g/mol. The molecule has 0 aliphatic heterocycles. The van der Waals surface area contributed by atoms with E-state index in [1.54, 1.807) is 12.3 Å². The van der Waals surface area contributed by atoms with E-state index >= 15 is 0 Å². The monoisotopic (exact) mass is 187 g/mol. The molecule has 0 aliphatic carbocycles. The second kappa shape index (κ2) is 3.87. The first-order valence-electron chi connectivity index (χ1n) is 4.31. The van der Waals surface area contributed by atoms with Gasteiger partial charge in [0.1, 0.15) is 5.76 Å². The van der Waals surface area contributed by atoms with Gasteiger partial charge in [0.2, 0.25) is 0 Å². The molecule has 0 fully saturated rings. The van der Waals surface area contributed by atoms with Crippen molar-refractivity contribution < 1.29 is 9.21 Å². The normalized spacial score (nSPS) is 10.0. The van der Waals surface area contributed by atoms with E-state index in [2.05, 4.69) is 4.98 Å². The van der Waals surface area contributed by atoms with Crippen molar-refractivity contribution in [3.8, 4) is 0 Å². The van der Waals surface area contributed by atoms with E-state index < -0.39 is 0 Å². The molecule has 2 heterocycles. The molecular formula is C11H9NO2. The predicted molar refractivity (Wildman–Crippen MR) is 51.1 cm³/mol. The van der Waals surface area contributed by atoms with Crippen LogP contribution in [0.4, 0.5) is 0 Å². The molecule has 0 aromatic carbocycles. The van der Waals surface area contributed by atoms with E-state index in [4.69, 9.17) is 4.42 Å². The van der Waals surface area contributed by atoms with Crippen molar-refractivity contribution >= 4 is 6.29 Å². The number of nitrogens with zero attached hydrogens (tertiary/aromatic N) is 1. The molecule has 0 saturated heterocycles. The summed E-state index contributed by atoms with van der Waals surface area (Å²) >= 11 is 0. The number of hydrogen-bond donors (Lipinski definition) is 0. The van der Waals surface area contributed by atoms with E-state index in [1.807, 2.05) is 18.2 Å². The highest BCUT2D eigenvalue weighted by Crippen LogP contribution is 2.12. The van der Waals surface area contributed by atoms with Crippen molar-refractivity contribution in [2.45, 2.75) is 6.42 Å². The van der Waals surface area contributed by atoms with Gasteiger partial charge in [-0.25, -0.2) is 0 Å². The number of carbonyl (C=O) groups excluding carboxylic acids is 1. The molecule has 0 aliphatic rings. The third-order valence-electron chi connectivity index (χ3n) is 1.97. The van der Waals surface area contributed by atoms with Crippen LogP contribution in [0.25, 0.3) is 0 Å². The molecule has 14 heavy (non-hydrogen) atoms. The minimum Gasteiger partial charge on any atom is -0.468 e. The molecule has 0 radical (unpaired) electrons. The first-order valence-corrected chi connectivity index (χ1v) is 4.31. The van der Waals surface area contributed by atoms with Gasteiger partial charge in [-0.2, -0.15) is 0 Å². The predicted octanol–water partition coefficient (Wildman–Crippen LogP) is 2.08. The van der Waals surface area contributed by atoms with Crippen LogP contribution < -0.4 is 0 Å². The summed E-state index contributed by atoms with van der Waals surface area (Å²) in [5.74, 6) is 0.665. The highest BCUT2D eigenvalue weighted by Gasteiger charge is 2.06. The van der Waals surface area contributed by atoms with Crippen LogP contribution in [0.3, 0.4) is 0 Å². The Kier molecular flexibility index (Phi) is 2.40. The number of aromatic nitrogens is 1. The molecule has 0 unspecified atom stereocenters. The van der Waals surface area contributed by atoms with Crippen molar-refractivity contribution in [1.29, 1.82) is 0 Å². The number of aldehydes is 1. The van der Waals surface area contributed by atoms with Crippen LogP contribution >= 0.6 is 0 Å². The zero-order valence-corrected chi connectivity index (χ0v) is 7.51. The highest BCUT2D eigenvalue weighted by molar-refractivity contribution is 5.76. The summed E-state index contributed by atoms with van der Waals surface area (Å²) in [7, 11) is 0. The lowest BCUT2D eigenvalue weighted by Gasteiger charge is -1.96. The number of pyridine rings is 1. The minimum atomic E-state index is 0.557. The average Bonchev–Trinajstić information content (AvgIpc) is 2.67. The van der Waals surface area contributed by atoms with Gasteiger partial charge in [0.25, 0.3) is 0 Å². The quantitative estimate of drug-likeness (QED) is 0.691. The fourth-order valence-corrected chi connectivity index (χ4v) is 1.27. The summed E-state index contributed by atoms with van der Waals surface area (Å²) in [4.78, 5) is 14.8. The van der Waals surface area contributed by atoms with Crippen LogP contribution in [0, 0.1) is 0 Å². The molecule has 0 saturated carbocycles. The third-order valence-corrected chi connectivity index (χ3v) is 1.97. The van der Waals surface area contributed by atoms with Crippen LogP contribution in [-0.2, 0) is 6.42 Å². The van der Waals surface area contributed by atoms with Crippen LogP contribution in [0.1, 0.15) is 21.8 Å². The SMILES string of the molecule is O=Cc1ccoc1Cc1ccccn1. The lowest BCUT2D eigenvalue weighted by Crippen LogP contribution is -1.92. The number of hydrogen-bond acceptors (Lipinski definition) is 3. The Labute approximate surface area is 81.4 Å². The molecule has 0 bridgehead atoms. The van der Waals surface area contributed by atoms with E-state index in [1.165, 1.54) is 6.26 Å². The number of furan rings is 1. The maximum Gasteiger partial charge on any atom is 0.153 e. The maximum atomic E-state index is 10.6. The topological polar surface area (TPSA) is 43.1 Å². The van der Waals surface area contributed by atoms with E-state index in [-0.39, 0.29) is 0 Å². The van der Waals surface area contributed by atoms with E-state index in [9.17, 15) is 4.79 Å². The standard InChI is InChI=1S/C11H9NO2/c13-8-9-4-6-14-11(9)7-10-3-1-2-5-12-10/h1-6,8H,7H2. The molecule has 2 aromatic rings. The minimum absolute atomic E-state index is 0.557. The summed E-state index contributed by atoms with van der Waals surface area (Å²) in [6, 6.07) is 7.32. The Morgan fingerprint density at radius 1 is 1.36 bits per heavy atom. The lowest BCUT2D eigenvalue weighted by atomic mass is 10.2. The summed E-state index contributed by atoms with van der Waals surface area (Å²) in [6.45, 7) is 0. The highest BCUT2D eigenvalue weighted by atomic mass is 16.3. The van der Waals surface area contributed by atoms with E-state index in [0.717, 1.165) is 12.0 Å². The van der Waals surface area contributed by atoms with Crippen LogP contribution in [0.2, 0.25) is 0 Å². The summed E-state index contributed by atoms with van der Waals surface area (Å²) in [5.41, 5.74) is 1.49. The molecule has 3 heteroatoms. The van der Waals surface area contributed by atoms with Gasteiger partial charge in [0.15, 0.2) is 6.29 Å². The van der Waals surface area contributed by atoms with Crippen molar-refractivity contribution in [3.63, 3.8) is 0 Å². The third kappa shape index (κ3) is 1.71. The average molecular weight is 187 g/mol. The van der Waals surface area contributed by atoms with Gasteiger partial charge in [-0.05, 0) is 18.2 Å². The van der Waals surface area contributed by atoms with Gasteiger partial charge in [-0.3, -0.25) is 9.78 Å². The van der Waals surface area contributed by atoms with Crippen LogP contribution in [0.5, 0.6) is 0 Å². The Morgan fingerprint density at radius 3 is 3.00 bits per heavy atom. The molecule has 0 amide bonds. The van der Waals surface area contributed by atoms with Crippen LogP contribution in [-0.4, -0.2) is 11.3 Å². The molecule has 3 nitrogen and oxygen atoms in total. The zero-order valence-electron chi connectivity index (χ0n) is 7.51. The number of rotatable bonds is 3. The van der Waals surface area contributed by atoms with Crippen LogP contribution in [0.15, 0.2) is 41.1 Å². The van der Waals surface area contributed by atoms with Gasteiger partial charge in [0.05, 0.1) is 11.8 Å².